The van der Waals surface area contributed by atoms with E-state index in [-0.39, 0.29) is 6.10 Å². The van der Waals surface area contributed by atoms with Crippen molar-refractivity contribution in [2.24, 2.45) is 0 Å². The highest BCUT2D eigenvalue weighted by molar-refractivity contribution is 5.25. The van der Waals surface area contributed by atoms with E-state index in [1.165, 1.54) is 24.1 Å². The Morgan fingerprint density at radius 3 is 2.95 bits per heavy atom. The van der Waals surface area contributed by atoms with Gasteiger partial charge in [-0.1, -0.05) is 20.3 Å². The van der Waals surface area contributed by atoms with Gasteiger partial charge in [0.2, 0.25) is 0 Å². The van der Waals surface area contributed by atoms with Gasteiger partial charge in [0.15, 0.2) is 5.82 Å². The second kappa shape index (κ2) is 7.70. The van der Waals surface area contributed by atoms with Crippen LogP contribution in [0, 0.1) is 0 Å². The lowest BCUT2D eigenvalue weighted by Crippen LogP contribution is -2.27. The monoisotopic (exact) mass is 277 g/mol. The van der Waals surface area contributed by atoms with Crippen LogP contribution in [0.2, 0.25) is 0 Å². The molecule has 0 fully saturated rings. The van der Waals surface area contributed by atoms with Gasteiger partial charge in [0.1, 0.15) is 6.10 Å². The minimum absolute atomic E-state index is 0.0364. The van der Waals surface area contributed by atoms with E-state index in [1.54, 1.807) is 7.11 Å². The highest BCUT2D eigenvalue weighted by atomic mass is 16.5. The summed E-state index contributed by atoms with van der Waals surface area (Å²) in [4.78, 5) is 9.35. The zero-order valence-corrected chi connectivity index (χ0v) is 13.0. The van der Waals surface area contributed by atoms with E-state index in [9.17, 15) is 0 Å². The lowest BCUT2D eigenvalue weighted by Gasteiger charge is -2.26. The first-order valence-corrected chi connectivity index (χ1v) is 7.92. The van der Waals surface area contributed by atoms with E-state index >= 15 is 0 Å². The highest BCUT2D eigenvalue weighted by Crippen LogP contribution is 2.29. The first kappa shape index (κ1) is 15.4. The lowest BCUT2D eigenvalue weighted by molar-refractivity contribution is 0.0872. The first-order chi connectivity index (χ1) is 9.80. The zero-order valence-electron chi connectivity index (χ0n) is 13.0. The average molecular weight is 277 g/mol. The summed E-state index contributed by atoms with van der Waals surface area (Å²) in [6, 6.07) is 0.430. The molecule has 2 atom stereocenters. The third-order valence-electron chi connectivity index (χ3n) is 3.96. The number of nitrogens with one attached hydrogen (secondary N) is 1. The molecule has 1 aromatic rings. The van der Waals surface area contributed by atoms with Crippen LogP contribution >= 0.6 is 0 Å². The molecule has 0 aliphatic heterocycles. The molecule has 0 aromatic carbocycles. The molecule has 4 heteroatoms. The molecular weight excluding hydrogens is 250 g/mol. The van der Waals surface area contributed by atoms with Gasteiger partial charge < -0.3 is 10.1 Å². The summed E-state index contributed by atoms with van der Waals surface area (Å²) < 4.78 is 5.52. The molecule has 0 radical (unpaired) electrons. The number of ether oxygens (including phenoxy) is 1. The van der Waals surface area contributed by atoms with Crippen LogP contribution in [0.4, 0.5) is 0 Å². The van der Waals surface area contributed by atoms with Crippen LogP contribution in [0.1, 0.15) is 75.2 Å². The van der Waals surface area contributed by atoms with E-state index < -0.39 is 0 Å². The number of hydrogen-bond donors (Lipinski definition) is 1. The van der Waals surface area contributed by atoms with Crippen molar-refractivity contribution in [3.8, 4) is 0 Å². The maximum atomic E-state index is 5.52. The van der Waals surface area contributed by atoms with Crippen molar-refractivity contribution in [1.82, 2.24) is 15.3 Å². The van der Waals surface area contributed by atoms with Gasteiger partial charge in [-0.3, -0.25) is 0 Å². The Morgan fingerprint density at radius 2 is 2.25 bits per heavy atom. The maximum Gasteiger partial charge on any atom is 0.157 e. The molecule has 0 saturated carbocycles. The van der Waals surface area contributed by atoms with Gasteiger partial charge in [-0.15, -0.1) is 0 Å². The molecule has 1 N–H and O–H groups in total. The van der Waals surface area contributed by atoms with Gasteiger partial charge in [-0.2, -0.15) is 0 Å². The SMILES string of the molecule is CCCNC1CCCc2nc(C(CCC)OC)ncc21. The Balaban J connectivity index is 2.17. The maximum absolute atomic E-state index is 5.52. The molecule has 1 heterocycles. The third kappa shape index (κ3) is 3.55. The fourth-order valence-electron chi connectivity index (χ4n) is 2.86. The molecule has 20 heavy (non-hydrogen) atoms. The van der Waals surface area contributed by atoms with Gasteiger partial charge in [0.25, 0.3) is 0 Å². The Hall–Kier alpha value is -1.00. The number of hydrogen-bond acceptors (Lipinski definition) is 4. The minimum atomic E-state index is 0.0364. The molecule has 1 aliphatic carbocycles. The standard InChI is InChI=1S/C16H27N3O/c1-4-7-15(20-3)16-18-11-12-13(17-10-5-2)8-6-9-14(12)19-16/h11,13,15,17H,4-10H2,1-3H3. The minimum Gasteiger partial charge on any atom is -0.373 e. The van der Waals surface area contributed by atoms with Crippen LogP contribution in [0.5, 0.6) is 0 Å². The molecule has 0 bridgehead atoms. The summed E-state index contributed by atoms with van der Waals surface area (Å²) in [5.74, 6) is 0.851. The molecule has 112 valence electrons. The van der Waals surface area contributed by atoms with Crippen molar-refractivity contribution in [3.63, 3.8) is 0 Å². The van der Waals surface area contributed by atoms with Gasteiger partial charge in [0, 0.05) is 30.6 Å². The molecule has 2 rings (SSSR count). The number of aromatic nitrogens is 2. The predicted molar refractivity (Wildman–Crippen MR) is 80.7 cm³/mol. The van der Waals surface area contributed by atoms with Gasteiger partial charge in [-0.25, -0.2) is 9.97 Å². The molecule has 0 spiro atoms. The fraction of sp³-hybridized carbons (Fsp3) is 0.750. The quantitative estimate of drug-likeness (QED) is 0.830. The molecule has 0 saturated heterocycles. The molecule has 1 aromatic heterocycles. The van der Waals surface area contributed by atoms with Crippen LogP contribution in [0.15, 0.2) is 6.20 Å². The Morgan fingerprint density at radius 1 is 1.40 bits per heavy atom. The van der Waals surface area contributed by atoms with Crippen molar-refractivity contribution in [1.29, 1.82) is 0 Å². The number of aryl methyl sites for hydroxylation is 1. The number of rotatable bonds is 7. The van der Waals surface area contributed by atoms with Crippen molar-refractivity contribution in [2.45, 2.75) is 64.5 Å². The smallest absolute Gasteiger partial charge is 0.157 e. The zero-order chi connectivity index (χ0) is 14.4. The molecule has 0 amide bonds. The van der Waals surface area contributed by atoms with Gasteiger partial charge >= 0.3 is 0 Å². The van der Waals surface area contributed by atoms with E-state index in [0.29, 0.717) is 6.04 Å². The third-order valence-corrected chi connectivity index (χ3v) is 3.96. The molecule has 1 aliphatic rings. The first-order valence-electron chi connectivity index (χ1n) is 7.92. The van der Waals surface area contributed by atoms with E-state index in [2.05, 4.69) is 24.1 Å². The Labute approximate surface area is 122 Å². The number of fused-ring (bicyclic) bond motifs is 1. The van der Waals surface area contributed by atoms with E-state index in [1.807, 2.05) is 6.20 Å². The summed E-state index contributed by atoms with van der Waals surface area (Å²) in [5, 5.41) is 3.60. The summed E-state index contributed by atoms with van der Waals surface area (Å²) in [7, 11) is 1.74. The van der Waals surface area contributed by atoms with Gasteiger partial charge in [-0.05, 0) is 38.6 Å². The second-order valence-electron chi connectivity index (χ2n) is 5.54. The summed E-state index contributed by atoms with van der Waals surface area (Å²) in [6.07, 6.45) is 8.74. The topological polar surface area (TPSA) is 47.0 Å². The van der Waals surface area contributed by atoms with E-state index in [0.717, 1.165) is 38.1 Å². The van der Waals surface area contributed by atoms with Crippen LogP contribution in [-0.2, 0) is 11.2 Å². The largest absolute Gasteiger partial charge is 0.373 e. The normalized spacial score (nSPS) is 19.6. The lowest BCUT2D eigenvalue weighted by atomic mass is 9.92. The van der Waals surface area contributed by atoms with Crippen LogP contribution in [0.3, 0.4) is 0 Å². The average Bonchev–Trinajstić information content (AvgIpc) is 2.50. The second-order valence-corrected chi connectivity index (χ2v) is 5.54. The van der Waals surface area contributed by atoms with Crippen LogP contribution in [-0.4, -0.2) is 23.6 Å². The van der Waals surface area contributed by atoms with E-state index in [4.69, 9.17) is 9.72 Å². The number of nitrogens with zero attached hydrogens (tertiary/aromatic N) is 2. The summed E-state index contributed by atoms with van der Waals surface area (Å²) >= 11 is 0. The molecule has 4 nitrogen and oxygen atoms in total. The predicted octanol–water partition coefficient (Wildman–Crippen LogP) is 3.34. The highest BCUT2D eigenvalue weighted by Gasteiger charge is 2.23. The van der Waals surface area contributed by atoms with Crippen LogP contribution in [0.25, 0.3) is 0 Å². The number of methoxy groups -OCH3 is 1. The molecular formula is C16H27N3O. The van der Waals surface area contributed by atoms with Crippen molar-refractivity contribution in [3.05, 3.63) is 23.3 Å². The van der Waals surface area contributed by atoms with Crippen molar-refractivity contribution >= 4 is 0 Å². The van der Waals surface area contributed by atoms with Crippen molar-refractivity contribution in [2.75, 3.05) is 13.7 Å². The van der Waals surface area contributed by atoms with Gasteiger partial charge in [0.05, 0.1) is 0 Å². The fourth-order valence-corrected chi connectivity index (χ4v) is 2.86. The summed E-state index contributed by atoms with van der Waals surface area (Å²) in [5.41, 5.74) is 2.51. The molecule has 2 unspecified atom stereocenters. The Bertz CT molecular complexity index is 422. The Kier molecular flexibility index (Phi) is 5.92. The van der Waals surface area contributed by atoms with Crippen LogP contribution < -0.4 is 5.32 Å². The van der Waals surface area contributed by atoms with Crippen molar-refractivity contribution < 1.29 is 4.74 Å². The summed E-state index contributed by atoms with van der Waals surface area (Å²) in [6.45, 7) is 5.42.